The molecular weight excluding hydrogens is 768 g/mol. The van der Waals surface area contributed by atoms with Crippen molar-refractivity contribution in [2.75, 3.05) is 40.9 Å². The van der Waals surface area contributed by atoms with Crippen LogP contribution in [0.15, 0.2) is 24.3 Å². The molecule has 0 saturated heterocycles. The molecule has 9 heteroatoms. The number of nitrogens with zero attached hydrogens (tertiary/aromatic N) is 1. The van der Waals surface area contributed by atoms with Crippen molar-refractivity contribution in [3.8, 4) is 0 Å². The minimum absolute atomic E-state index is 0.0137. The lowest BCUT2D eigenvalue weighted by atomic mass is 10.0. The first kappa shape index (κ1) is 59.0. The number of aliphatic hydroxyl groups excluding tert-OH is 1. The maximum Gasteiger partial charge on any atom is 0.268 e. The Morgan fingerprint density at radius 2 is 1.02 bits per heavy atom. The maximum absolute atomic E-state index is 12.9. The molecule has 0 rings (SSSR count). The van der Waals surface area contributed by atoms with Crippen LogP contribution >= 0.6 is 7.82 Å². The van der Waals surface area contributed by atoms with Crippen LogP contribution in [-0.2, 0) is 18.4 Å². The molecule has 0 aromatic carbocycles. The molecule has 0 aromatic rings. The molecule has 8 nitrogen and oxygen atoms in total. The number of hydrogen-bond acceptors (Lipinski definition) is 6. The van der Waals surface area contributed by atoms with E-state index >= 15 is 0 Å². The van der Waals surface area contributed by atoms with Crippen LogP contribution in [0.4, 0.5) is 0 Å². The average molecular weight is 869 g/mol. The van der Waals surface area contributed by atoms with Gasteiger partial charge in [-0.15, -0.1) is 0 Å². The fraction of sp³-hybridized carbons (Fsp3) is 0.902. The first-order valence-electron chi connectivity index (χ1n) is 25.7. The smallest absolute Gasteiger partial charge is 0.268 e. The Morgan fingerprint density at radius 1 is 0.600 bits per heavy atom. The van der Waals surface area contributed by atoms with Crippen LogP contribution in [0.25, 0.3) is 0 Å². The monoisotopic (exact) mass is 869 g/mol. The minimum Gasteiger partial charge on any atom is -0.756 e. The molecule has 0 fully saturated rings. The van der Waals surface area contributed by atoms with Gasteiger partial charge < -0.3 is 28.8 Å². The summed E-state index contributed by atoms with van der Waals surface area (Å²) in [5.41, 5.74) is 0. The predicted octanol–water partition coefficient (Wildman–Crippen LogP) is 14.2. The average Bonchev–Trinajstić information content (AvgIpc) is 3.20. The molecule has 1 amide bonds. The van der Waals surface area contributed by atoms with Crippen molar-refractivity contribution in [1.82, 2.24) is 5.32 Å². The number of phosphoric acid groups is 1. The highest BCUT2D eigenvalue weighted by Gasteiger charge is 2.24. The van der Waals surface area contributed by atoms with Gasteiger partial charge in [-0.1, -0.05) is 224 Å². The Bertz CT molecular complexity index is 1030. The van der Waals surface area contributed by atoms with Crippen LogP contribution in [0.3, 0.4) is 0 Å². The second-order valence-electron chi connectivity index (χ2n) is 18.9. The third-order valence-corrected chi connectivity index (χ3v) is 12.7. The van der Waals surface area contributed by atoms with Crippen LogP contribution in [0, 0.1) is 0 Å². The van der Waals surface area contributed by atoms with Gasteiger partial charge in [0.15, 0.2) is 0 Å². The summed E-state index contributed by atoms with van der Waals surface area (Å²) in [5, 5.41) is 14.0. The molecule has 0 bridgehead atoms. The summed E-state index contributed by atoms with van der Waals surface area (Å²) in [4.78, 5) is 25.4. The summed E-state index contributed by atoms with van der Waals surface area (Å²) in [6.45, 7) is 4.65. The molecule has 356 valence electrons. The highest BCUT2D eigenvalue weighted by molar-refractivity contribution is 7.45. The van der Waals surface area contributed by atoms with E-state index in [0.29, 0.717) is 23.9 Å². The molecule has 0 spiro atoms. The van der Waals surface area contributed by atoms with Gasteiger partial charge in [-0.3, -0.25) is 9.36 Å². The van der Waals surface area contributed by atoms with Crippen molar-refractivity contribution in [3.05, 3.63) is 24.3 Å². The second-order valence-corrected chi connectivity index (χ2v) is 20.3. The number of likely N-dealkylation sites (N-methyl/N-ethyl adjacent to an activating group) is 1. The van der Waals surface area contributed by atoms with Gasteiger partial charge in [0.1, 0.15) is 13.2 Å². The topological polar surface area (TPSA) is 108 Å². The summed E-state index contributed by atoms with van der Waals surface area (Å²) < 4.78 is 23.4. The lowest BCUT2D eigenvalue weighted by Crippen LogP contribution is -2.46. The molecule has 0 aliphatic rings. The van der Waals surface area contributed by atoms with Gasteiger partial charge in [0.25, 0.3) is 7.82 Å². The Hall–Kier alpha value is -1.02. The van der Waals surface area contributed by atoms with Crippen LogP contribution in [-0.4, -0.2) is 68.5 Å². The number of amides is 1. The summed E-state index contributed by atoms with van der Waals surface area (Å²) >= 11 is 0. The van der Waals surface area contributed by atoms with Gasteiger partial charge in [-0.2, -0.15) is 0 Å². The van der Waals surface area contributed by atoms with E-state index in [0.717, 1.165) is 51.4 Å². The van der Waals surface area contributed by atoms with Gasteiger partial charge >= 0.3 is 0 Å². The lowest BCUT2D eigenvalue weighted by Gasteiger charge is -2.30. The van der Waals surface area contributed by atoms with E-state index in [2.05, 4.69) is 43.5 Å². The third kappa shape index (κ3) is 45.0. The van der Waals surface area contributed by atoms with E-state index in [9.17, 15) is 19.4 Å². The zero-order valence-corrected chi connectivity index (χ0v) is 41.3. The molecule has 0 aliphatic carbocycles. The second kappa shape index (κ2) is 43.2. The number of carbonyl (C=O) groups is 1. The molecule has 0 heterocycles. The zero-order valence-electron chi connectivity index (χ0n) is 40.4. The van der Waals surface area contributed by atoms with E-state index in [4.69, 9.17) is 9.05 Å². The van der Waals surface area contributed by atoms with Crippen molar-refractivity contribution in [1.29, 1.82) is 0 Å². The number of unbranched alkanes of at least 4 members (excludes halogenated alkanes) is 30. The molecule has 0 saturated carbocycles. The molecule has 2 N–H and O–H groups in total. The van der Waals surface area contributed by atoms with Gasteiger partial charge in [0.2, 0.25) is 5.91 Å². The van der Waals surface area contributed by atoms with Gasteiger partial charge in [0, 0.05) is 6.42 Å². The van der Waals surface area contributed by atoms with Crippen LogP contribution < -0.4 is 10.2 Å². The van der Waals surface area contributed by atoms with Gasteiger partial charge in [0.05, 0.1) is 39.9 Å². The summed E-state index contributed by atoms with van der Waals surface area (Å²) in [6.07, 6.45) is 51.9. The number of rotatable bonds is 47. The van der Waals surface area contributed by atoms with Crippen molar-refractivity contribution < 1.29 is 32.9 Å². The predicted molar refractivity (Wildman–Crippen MR) is 256 cm³/mol. The fourth-order valence-electron chi connectivity index (χ4n) is 7.67. The zero-order chi connectivity index (χ0) is 44.3. The lowest BCUT2D eigenvalue weighted by molar-refractivity contribution is -0.870. The summed E-state index contributed by atoms with van der Waals surface area (Å²) in [5.74, 6) is -0.163. The van der Waals surface area contributed by atoms with Crippen molar-refractivity contribution >= 4 is 13.7 Å². The molecule has 3 atom stereocenters. The van der Waals surface area contributed by atoms with E-state index in [1.54, 1.807) is 0 Å². The first-order chi connectivity index (χ1) is 29.0. The SMILES string of the molecule is CC/C=C\C/C=C\CCCCCCCCCCCCCCCCC(=O)NC(COP(=O)([O-])OCC[N+](C)(C)C)C(O)CCCCCCCCCCCCCCCCCCC. The number of nitrogens with one attached hydrogen (secondary N) is 1. The Labute approximate surface area is 373 Å². The third-order valence-electron chi connectivity index (χ3n) is 11.7. The van der Waals surface area contributed by atoms with Crippen molar-refractivity contribution in [3.63, 3.8) is 0 Å². The quantitative estimate of drug-likeness (QED) is 0.0273. The number of carbonyl (C=O) groups excluding carboxylic acids is 1. The van der Waals surface area contributed by atoms with Crippen molar-refractivity contribution in [2.24, 2.45) is 0 Å². The summed E-state index contributed by atoms with van der Waals surface area (Å²) in [7, 11) is 1.31. The number of hydrogen-bond donors (Lipinski definition) is 2. The Balaban J connectivity index is 4.22. The first-order valence-corrected chi connectivity index (χ1v) is 27.1. The molecular formula is C51H101N2O6P. The van der Waals surface area contributed by atoms with Gasteiger partial charge in [-0.25, -0.2) is 0 Å². The molecule has 0 radical (unpaired) electrons. The van der Waals surface area contributed by atoms with E-state index in [-0.39, 0.29) is 19.1 Å². The molecule has 0 aliphatic heterocycles. The van der Waals surface area contributed by atoms with E-state index < -0.39 is 20.0 Å². The minimum atomic E-state index is -4.57. The van der Waals surface area contributed by atoms with Crippen LogP contribution in [0.1, 0.15) is 245 Å². The highest BCUT2D eigenvalue weighted by atomic mass is 31.2. The number of allylic oxidation sites excluding steroid dienone is 4. The normalized spacial score (nSPS) is 14.3. The molecule has 60 heavy (non-hydrogen) atoms. The Kier molecular flexibility index (Phi) is 42.5. The fourth-order valence-corrected chi connectivity index (χ4v) is 8.39. The summed E-state index contributed by atoms with van der Waals surface area (Å²) in [6, 6.07) is -0.798. The number of quaternary nitrogens is 1. The van der Waals surface area contributed by atoms with E-state index in [1.165, 1.54) is 167 Å². The van der Waals surface area contributed by atoms with Crippen molar-refractivity contribution in [2.45, 2.75) is 257 Å². The van der Waals surface area contributed by atoms with E-state index in [1.807, 2.05) is 21.1 Å². The molecule has 0 aromatic heterocycles. The van der Waals surface area contributed by atoms with Crippen LogP contribution in [0.5, 0.6) is 0 Å². The number of phosphoric ester groups is 1. The van der Waals surface area contributed by atoms with Crippen LogP contribution in [0.2, 0.25) is 0 Å². The van der Waals surface area contributed by atoms with Gasteiger partial charge in [-0.05, 0) is 38.5 Å². The Morgan fingerprint density at radius 3 is 1.47 bits per heavy atom. The highest BCUT2D eigenvalue weighted by Crippen LogP contribution is 2.38. The number of aliphatic hydroxyl groups is 1. The largest absolute Gasteiger partial charge is 0.756 e. The molecule has 3 unspecified atom stereocenters. The standard InChI is InChI=1S/C51H101N2O6P/c1-6-8-10-12-14-16-18-20-22-24-25-26-27-29-31-33-35-37-39-41-43-45-51(55)52-49(48-59-60(56,57)58-47-46-53(3,4)5)50(54)44-42-40-38-36-34-32-30-28-23-21-19-17-15-13-11-9-7-2/h8,10,14,16,49-50,54H,6-7,9,11-13,15,17-48H2,1-5H3,(H-,52,55,56,57)/b10-8-,16-14-. The maximum atomic E-state index is 12.9.